The Kier molecular flexibility index (Phi) is 57.1. The molecule has 0 rings (SSSR count). The maximum absolute atomic E-state index is 6.15. The number of allylic oxidation sites excluding steroid dienone is 2. The van der Waals surface area contributed by atoms with E-state index in [1.165, 1.54) is 218 Å². The molecule has 0 bridgehead atoms. The lowest BCUT2D eigenvalue weighted by atomic mass is 10.0. The molecule has 0 heterocycles. The van der Waals surface area contributed by atoms with Gasteiger partial charge < -0.3 is 33.2 Å². The van der Waals surface area contributed by atoms with Crippen molar-refractivity contribution in [2.75, 3.05) is 40.6 Å². The van der Waals surface area contributed by atoms with Crippen molar-refractivity contribution >= 4 is 0 Å². The van der Waals surface area contributed by atoms with Gasteiger partial charge in [-0.05, 0) is 89.2 Å². The first kappa shape index (κ1) is 66.2. The van der Waals surface area contributed by atoms with Crippen LogP contribution in [0.25, 0.3) is 0 Å². The highest BCUT2D eigenvalue weighted by Crippen LogP contribution is 2.18. The largest absolute Gasteiger partial charge is 0.353 e. The zero-order chi connectivity index (χ0) is 48.6. The molecule has 0 saturated carbocycles. The first-order valence-electron chi connectivity index (χ1n) is 29.7. The summed E-state index contributed by atoms with van der Waals surface area (Å²) in [5, 5.41) is 0. The van der Waals surface area contributed by atoms with Gasteiger partial charge in [-0.2, -0.15) is 0 Å². The first-order chi connectivity index (χ1) is 33.1. The van der Waals surface area contributed by atoms with Crippen molar-refractivity contribution in [1.82, 2.24) is 0 Å². The topological polar surface area (TPSA) is 64.6 Å². The SMILES string of the molecule is CCCCCCOC(CCCCCCCCCCCCCC=CC(OC)OC(C=CCCCCCCCCCCCCCC(OCCCCCC)OCCCCCC)OC)OCCCCCC. The van der Waals surface area contributed by atoms with Crippen molar-refractivity contribution in [3.05, 3.63) is 24.3 Å². The van der Waals surface area contributed by atoms with E-state index in [0.717, 1.165) is 77.8 Å². The average molecular weight is 952 g/mol. The predicted molar refractivity (Wildman–Crippen MR) is 289 cm³/mol. The maximum Gasteiger partial charge on any atom is 0.179 e. The molecule has 0 N–H and O–H groups in total. The monoisotopic (exact) mass is 951 g/mol. The Labute approximate surface area is 419 Å². The summed E-state index contributed by atoms with van der Waals surface area (Å²) >= 11 is 0. The van der Waals surface area contributed by atoms with Crippen molar-refractivity contribution in [1.29, 1.82) is 0 Å². The lowest BCUT2D eigenvalue weighted by Gasteiger charge is -2.19. The molecule has 0 aromatic heterocycles. The van der Waals surface area contributed by atoms with Crippen LogP contribution in [-0.2, 0) is 33.2 Å². The van der Waals surface area contributed by atoms with E-state index in [4.69, 9.17) is 33.2 Å². The standard InChI is InChI=1S/C60H118O7/c1-7-11-15-45-53-63-59(64-54-46-16-12-8-2)51-43-39-35-31-27-23-19-21-25-29-33-37-41-49-57(61-5)67-58(62-6)50-42-38-34-30-26-22-20-24-28-32-36-40-44-52-60(65-55-47-17-13-9-3)66-56-48-18-14-10-4/h41-42,49-50,57-60H,7-40,43-48,51-56H2,1-6H3. The molecule has 7 heteroatoms. The Balaban J connectivity index is 3.86. The van der Waals surface area contributed by atoms with E-state index in [1.54, 1.807) is 14.2 Å². The van der Waals surface area contributed by atoms with Gasteiger partial charge in [0.2, 0.25) is 0 Å². The molecule has 0 aliphatic heterocycles. The van der Waals surface area contributed by atoms with Crippen LogP contribution in [0.15, 0.2) is 24.3 Å². The molecular weight excluding hydrogens is 833 g/mol. The molecule has 7 nitrogen and oxygen atoms in total. The van der Waals surface area contributed by atoms with Crippen LogP contribution in [0.4, 0.5) is 0 Å². The van der Waals surface area contributed by atoms with Gasteiger partial charge in [-0.15, -0.1) is 0 Å². The Morgan fingerprint density at radius 3 is 0.776 bits per heavy atom. The molecule has 0 fully saturated rings. The Bertz CT molecular complexity index is 857. The quantitative estimate of drug-likeness (QED) is 0.0342. The number of hydrogen-bond donors (Lipinski definition) is 0. The maximum atomic E-state index is 6.15. The van der Waals surface area contributed by atoms with Crippen LogP contribution < -0.4 is 0 Å². The van der Waals surface area contributed by atoms with Crippen LogP contribution in [0, 0.1) is 0 Å². The van der Waals surface area contributed by atoms with Crippen molar-refractivity contribution < 1.29 is 33.2 Å². The lowest BCUT2D eigenvalue weighted by Crippen LogP contribution is -2.22. The van der Waals surface area contributed by atoms with Crippen LogP contribution in [0.5, 0.6) is 0 Å². The van der Waals surface area contributed by atoms with Crippen molar-refractivity contribution in [2.45, 2.75) is 323 Å². The van der Waals surface area contributed by atoms with Crippen LogP contribution in [0.2, 0.25) is 0 Å². The Morgan fingerprint density at radius 1 is 0.284 bits per heavy atom. The molecule has 2 atom stereocenters. The fraction of sp³-hybridized carbons (Fsp3) is 0.933. The summed E-state index contributed by atoms with van der Waals surface area (Å²) in [5.41, 5.74) is 0. The van der Waals surface area contributed by atoms with Gasteiger partial charge in [0.15, 0.2) is 25.2 Å². The highest BCUT2D eigenvalue weighted by molar-refractivity contribution is 4.89. The second kappa shape index (κ2) is 57.8. The zero-order valence-electron chi connectivity index (χ0n) is 46.0. The van der Waals surface area contributed by atoms with Gasteiger partial charge in [0.25, 0.3) is 0 Å². The predicted octanol–water partition coefficient (Wildman–Crippen LogP) is 19.2. The van der Waals surface area contributed by atoms with Crippen molar-refractivity contribution in [2.24, 2.45) is 0 Å². The van der Waals surface area contributed by atoms with E-state index in [2.05, 4.69) is 39.8 Å². The Morgan fingerprint density at radius 2 is 0.522 bits per heavy atom. The minimum atomic E-state index is -0.389. The molecule has 0 saturated heterocycles. The third-order valence-corrected chi connectivity index (χ3v) is 13.1. The average Bonchev–Trinajstić information content (AvgIpc) is 3.34. The summed E-state index contributed by atoms with van der Waals surface area (Å²) < 4.78 is 41.8. The van der Waals surface area contributed by atoms with Crippen LogP contribution in [-0.4, -0.2) is 65.8 Å². The van der Waals surface area contributed by atoms with E-state index < -0.39 is 0 Å². The van der Waals surface area contributed by atoms with E-state index in [-0.39, 0.29) is 25.2 Å². The van der Waals surface area contributed by atoms with Crippen LogP contribution >= 0.6 is 0 Å². The molecule has 0 aromatic carbocycles. The van der Waals surface area contributed by atoms with Crippen molar-refractivity contribution in [3.63, 3.8) is 0 Å². The van der Waals surface area contributed by atoms with Gasteiger partial charge in [-0.25, -0.2) is 0 Å². The van der Waals surface area contributed by atoms with Gasteiger partial charge in [-0.1, -0.05) is 232 Å². The Hall–Kier alpha value is -0.800. The molecule has 400 valence electrons. The molecule has 0 aliphatic carbocycles. The number of hydrogen-bond acceptors (Lipinski definition) is 7. The molecular formula is C60H118O7. The third-order valence-electron chi connectivity index (χ3n) is 13.1. The second-order valence-electron chi connectivity index (χ2n) is 19.7. The molecule has 0 radical (unpaired) electrons. The third kappa shape index (κ3) is 51.4. The zero-order valence-corrected chi connectivity index (χ0v) is 46.0. The van der Waals surface area contributed by atoms with Gasteiger partial charge in [-0.3, -0.25) is 0 Å². The van der Waals surface area contributed by atoms with Gasteiger partial charge >= 0.3 is 0 Å². The summed E-state index contributed by atoms with van der Waals surface area (Å²) in [6.45, 7) is 12.5. The summed E-state index contributed by atoms with van der Waals surface area (Å²) in [6, 6.07) is 0. The summed E-state index contributed by atoms with van der Waals surface area (Å²) in [4.78, 5) is 0. The summed E-state index contributed by atoms with van der Waals surface area (Å²) in [5.74, 6) is 0. The molecule has 0 aliphatic rings. The smallest absolute Gasteiger partial charge is 0.179 e. The first-order valence-corrected chi connectivity index (χ1v) is 29.7. The molecule has 2 unspecified atom stereocenters. The van der Waals surface area contributed by atoms with E-state index >= 15 is 0 Å². The van der Waals surface area contributed by atoms with Crippen LogP contribution in [0.1, 0.15) is 297 Å². The van der Waals surface area contributed by atoms with E-state index in [9.17, 15) is 0 Å². The van der Waals surface area contributed by atoms with Gasteiger partial charge in [0.1, 0.15) is 0 Å². The number of rotatable bonds is 58. The number of ether oxygens (including phenoxy) is 7. The highest BCUT2D eigenvalue weighted by Gasteiger charge is 2.12. The van der Waals surface area contributed by atoms with Gasteiger partial charge in [0.05, 0.1) is 0 Å². The number of methoxy groups -OCH3 is 2. The summed E-state index contributed by atoms with van der Waals surface area (Å²) in [7, 11) is 3.41. The van der Waals surface area contributed by atoms with Crippen LogP contribution in [0.3, 0.4) is 0 Å². The molecule has 0 aromatic rings. The second-order valence-corrected chi connectivity index (χ2v) is 19.7. The normalized spacial score (nSPS) is 13.1. The van der Waals surface area contributed by atoms with Crippen molar-refractivity contribution in [3.8, 4) is 0 Å². The minimum absolute atomic E-state index is 0.00689. The van der Waals surface area contributed by atoms with E-state index in [0.29, 0.717) is 0 Å². The molecule has 0 spiro atoms. The summed E-state index contributed by atoms with van der Waals surface area (Å²) in [6.07, 6.45) is 61.1. The highest BCUT2D eigenvalue weighted by atomic mass is 16.8. The number of unbranched alkanes of at least 4 members (excludes halogenated alkanes) is 34. The fourth-order valence-corrected chi connectivity index (χ4v) is 8.64. The molecule has 67 heavy (non-hydrogen) atoms. The molecule has 0 amide bonds. The lowest BCUT2D eigenvalue weighted by molar-refractivity contribution is -0.188. The fourth-order valence-electron chi connectivity index (χ4n) is 8.64. The van der Waals surface area contributed by atoms with Gasteiger partial charge in [0, 0.05) is 40.6 Å². The van der Waals surface area contributed by atoms with E-state index in [1.807, 2.05) is 12.2 Å². The minimum Gasteiger partial charge on any atom is -0.353 e.